The molecule has 1 spiro atoms. The van der Waals surface area contributed by atoms with Gasteiger partial charge >= 0.3 is 6.03 Å². The molecule has 0 aromatic carbocycles. The number of ether oxygens (including phenoxy) is 2. The zero-order valence-corrected chi connectivity index (χ0v) is 14.0. The van der Waals surface area contributed by atoms with Crippen LogP contribution in [0.1, 0.15) is 18.4 Å². The van der Waals surface area contributed by atoms with Crippen LogP contribution < -0.4 is 15.4 Å². The average molecular weight is 370 g/mol. The molecule has 0 saturated carbocycles. The third-order valence-corrected chi connectivity index (χ3v) is 4.37. The number of aromatic nitrogens is 1. The van der Waals surface area contributed by atoms with Crippen LogP contribution in [-0.4, -0.2) is 60.3 Å². The van der Waals surface area contributed by atoms with Crippen LogP contribution in [0.3, 0.4) is 0 Å². The molecule has 2 aliphatic heterocycles. The summed E-state index contributed by atoms with van der Waals surface area (Å²) in [6.07, 6.45) is 1.29. The van der Waals surface area contributed by atoms with E-state index in [0.717, 1.165) is 0 Å². The van der Waals surface area contributed by atoms with Crippen molar-refractivity contribution in [1.82, 2.24) is 20.5 Å². The van der Waals surface area contributed by atoms with Crippen LogP contribution in [0.2, 0.25) is 0 Å². The fourth-order valence-corrected chi connectivity index (χ4v) is 2.99. The van der Waals surface area contributed by atoms with Gasteiger partial charge in [-0.1, -0.05) is 0 Å². The Morgan fingerprint density at radius 2 is 2.23 bits per heavy atom. The van der Waals surface area contributed by atoms with Crippen molar-refractivity contribution in [2.75, 3.05) is 26.3 Å². The number of halogens is 2. The summed E-state index contributed by atoms with van der Waals surface area (Å²) in [5.74, 6) is 0.0738. The van der Waals surface area contributed by atoms with E-state index in [9.17, 15) is 18.4 Å². The lowest BCUT2D eigenvalue weighted by Crippen LogP contribution is -2.54. The standard InChI is InChI=1S/C16H20F2N4O4/c17-13(18)9-25-12-8-19-4-1-11(12)7-20-15(24)22-5-2-16(3-6-22)21-14(23)10-26-16/h1,4,8,13H,2-3,5-7,9-10H2,(H,20,24)(H,21,23). The van der Waals surface area contributed by atoms with Gasteiger partial charge in [0.05, 0.1) is 6.20 Å². The second-order valence-electron chi connectivity index (χ2n) is 6.16. The first-order valence-corrected chi connectivity index (χ1v) is 8.29. The van der Waals surface area contributed by atoms with Crippen molar-refractivity contribution in [3.8, 4) is 5.75 Å². The second-order valence-corrected chi connectivity index (χ2v) is 6.16. The molecule has 3 heterocycles. The lowest BCUT2D eigenvalue weighted by molar-refractivity contribution is -0.119. The number of hydrogen-bond acceptors (Lipinski definition) is 5. The molecule has 8 nitrogen and oxygen atoms in total. The minimum Gasteiger partial charge on any atom is -0.486 e. The third-order valence-electron chi connectivity index (χ3n) is 4.37. The highest BCUT2D eigenvalue weighted by atomic mass is 19.3. The van der Waals surface area contributed by atoms with Crippen molar-refractivity contribution in [3.05, 3.63) is 24.0 Å². The smallest absolute Gasteiger partial charge is 0.317 e. The number of piperidine rings is 1. The number of pyridine rings is 1. The summed E-state index contributed by atoms with van der Waals surface area (Å²) < 4.78 is 35.1. The number of carbonyl (C=O) groups is 2. The van der Waals surface area contributed by atoms with Gasteiger partial charge in [-0.25, -0.2) is 13.6 Å². The lowest BCUT2D eigenvalue weighted by atomic mass is 10.0. The van der Waals surface area contributed by atoms with Gasteiger partial charge in [-0.2, -0.15) is 0 Å². The number of rotatable bonds is 5. The van der Waals surface area contributed by atoms with Crippen LogP contribution in [0.4, 0.5) is 13.6 Å². The minimum absolute atomic E-state index is 0.0512. The van der Waals surface area contributed by atoms with Gasteiger partial charge in [0.2, 0.25) is 5.91 Å². The Labute approximate surface area is 148 Å². The van der Waals surface area contributed by atoms with E-state index in [1.807, 2.05) is 0 Å². The third kappa shape index (κ3) is 4.37. The van der Waals surface area contributed by atoms with Gasteiger partial charge in [0, 0.05) is 44.2 Å². The summed E-state index contributed by atoms with van der Waals surface area (Å²) in [6.45, 7) is 0.339. The molecule has 3 amide bonds. The molecule has 0 unspecified atom stereocenters. The number of carbonyl (C=O) groups excluding carboxylic acids is 2. The maximum Gasteiger partial charge on any atom is 0.317 e. The van der Waals surface area contributed by atoms with Crippen molar-refractivity contribution in [2.45, 2.75) is 31.5 Å². The van der Waals surface area contributed by atoms with Crippen LogP contribution in [0, 0.1) is 0 Å². The fourth-order valence-electron chi connectivity index (χ4n) is 2.99. The number of nitrogens with one attached hydrogen (secondary N) is 2. The molecule has 2 fully saturated rings. The van der Waals surface area contributed by atoms with Gasteiger partial charge in [-0.3, -0.25) is 9.78 Å². The number of hydrogen-bond donors (Lipinski definition) is 2. The van der Waals surface area contributed by atoms with E-state index < -0.39 is 18.8 Å². The Kier molecular flexibility index (Phi) is 5.50. The summed E-state index contributed by atoms with van der Waals surface area (Å²) in [4.78, 5) is 29.1. The zero-order chi connectivity index (χ0) is 18.6. The fraction of sp³-hybridized carbons (Fsp3) is 0.562. The van der Waals surface area contributed by atoms with Gasteiger partial charge in [-0.15, -0.1) is 0 Å². The largest absolute Gasteiger partial charge is 0.486 e. The van der Waals surface area contributed by atoms with Crippen molar-refractivity contribution < 1.29 is 27.8 Å². The molecule has 0 bridgehead atoms. The van der Waals surface area contributed by atoms with Crippen LogP contribution in [0.15, 0.2) is 18.5 Å². The summed E-state index contributed by atoms with van der Waals surface area (Å²) in [6, 6.07) is 1.33. The quantitative estimate of drug-likeness (QED) is 0.803. The first kappa shape index (κ1) is 18.3. The number of nitrogens with zero attached hydrogens (tertiary/aromatic N) is 2. The molecule has 1 aromatic rings. The minimum atomic E-state index is -2.59. The van der Waals surface area contributed by atoms with Crippen molar-refractivity contribution in [1.29, 1.82) is 0 Å². The second kappa shape index (κ2) is 7.81. The van der Waals surface area contributed by atoms with Gasteiger partial charge in [0.25, 0.3) is 6.43 Å². The van der Waals surface area contributed by atoms with Crippen LogP contribution in [-0.2, 0) is 16.1 Å². The maximum atomic E-state index is 12.3. The van der Waals surface area contributed by atoms with E-state index in [0.29, 0.717) is 31.5 Å². The molecule has 0 atom stereocenters. The molecule has 2 saturated heterocycles. The molecule has 26 heavy (non-hydrogen) atoms. The SMILES string of the molecule is O=C1COC2(CCN(C(=O)NCc3ccncc3OCC(F)F)CC2)N1. The highest BCUT2D eigenvalue weighted by Gasteiger charge is 2.42. The van der Waals surface area contributed by atoms with Crippen LogP contribution in [0.5, 0.6) is 5.75 Å². The lowest BCUT2D eigenvalue weighted by Gasteiger charge is -2.38. The predicted octanol–water partition coefficient (Wildman–Crippen LogP) is 0.874. The Morgan fingerprint density at radius 3 is 2.88 bits per heavy atom. The van der Waals surface area contributed by atoms with Crippen molar-refractivity contribution in [3.63, 3.8) is 0 Å². The Morgan fingerprint density at radius 1 is 1.46 bits per heavy atom. The molecule has 10 heteroatoms. The number of urea groups is 1. The summed E-state index contributed by atoms with van der Waals surface area (Å²) in [5.41, 5.74) is -0.0937. The van der Waals surface area contributed by atoms with Crippen molar-refractivity contribution >= 4 is 11.9 Å². The van der Waals surface area contributed by atoms with Gasteiger partial charge in [0.15, 0.2) is 0 Å². The summed E-state index contributed by atoms with van der Waals surface area (Å²) >= 11 is 0. The molecular weight excluding hydrogens is 350 g/mol. The van der Waals surface area contributed by atoms with E-state index >= 15 is 0 Å². The molecule has 0 radical (unpaired) electrons. The molecule has 142 valence electrons. The van der Waals surface area contributed by atoms with E-state index in [1.165, 1.54) is 12.4 Å². The van der Waals surface area contributed by atoms with Gasteiger partial charge < -0.3 is 25.0 Å². The Hall–Kier alpha value is -2.49. The van der Waals surface area contributed by atoms with Gasteiger partial charge in [0.1, 0.15) is 24.7 Å². The van der Waals surface area contributed by atoms with Gasteiger partial charge in [-0.05, 0) is 6.07 Å². The van der Waals surface area contributed by atoms with E-state index in [-0.39, 0.29) is 30.8 Å². The normalized spacial score (nSPS) is 18.9. The highest BCUT2D eigenvalue weighted by molar-refractivity contribution is 5.80. The average Bonchev–Trinajstić information content (AvgIpc) is 2.99. The number of alkyl halides is 2. The van der Waals surface area contributed by atoms with Crippen LogP contribution in [0.25, 0.3) is 0 Å². The zero-order valence-electron chi connectivity index (χ0n) is 14.0. The van der Waals surface area contributed by atoms with Crippen LogP contribution >= 0.6 is 0 Å². The molecular formula is C16H20F2N4O4. The molecule has 1 aromatic heterocycles. The predicted molar refractivity (Wildman–Crippen MR) is 85.6 cm³/mol. The first-order chi connectivity index (χ1) is 12.5. The topological polar surface area (TPSA) is 92.8 Å². The van der Waals surface area contributed by atoms with E-state index in [4.69, 9.17) is 9.47 Å². The highest BCUT2D eigenvalue weighted by Crippen LogP contribution is 2.27. The Bertz CT molecular complexity index is 665. The number of amides is 3. The Balaban J connectivity index is 1.50. The molecule has 2 N–H and O–H groups in total. The van der Waals surface area contributed by atoms with E-state index in [2.05, 4.69) is 15.6 Å². The maximum absolute atomic E-state index is 12.3. The first-order valence-electron chi connectivity index (χ1n) is 8.29. The molecule has 0 aliphatic carbocycles. The summed E-state index contributed by atoms with van der Waals surface area (Å²) in [5, 5.41) is 5.56. The monoisotopic (exact) mass is 370 g/mol. The molecule has 3 rings (SSSR count). The van der Waals surface area contributed by atoms with Crippen molar-refractivity contribution in [2.24, 2.45) is 0 Å². The summed E-state index contributed by atoms with van der Waals surface area (Å²) in [7, 11) is 0. The molecule has 2 aliphatic rings. The van der Waals surface area contributed by atoms with E-state index in [1.54, 1.807) is 11.0 Å². The number of likely N-dealkylation sites (tertiary alicyclic amines) is 1.